The molecule has 8 aromatic rings. The Labute approximate surface area is 352 Å². The van der Waals surface area contributed by atoms with E-state index in [0.29, 0.717) is 0 Å². The fourth-order valence-corrected chi connectivity index (χ4v) is 9.13. The van der Waals surface area contributed by atoms with E-state index in [9.17, 15) is 0 Å². The van der Waals surface area contributed by atoms with Crippen LogP contribution in [-0.4, -0.2) is 31.7 Å². The monoisotopic (exact) mass is 774 g/mol. The highest BCUT2D eigenvalue weighted by atomic mass is 15.1. The fraction of sp³-hybridized carbons (Fsp3) is 0.0893. The third-order valence-corrected chi connectivity index (χ3v) is 12.2. The number of fused-ring (bicyclic) bond motifs is 5. The van der Waals surface area contributed by atoms with Crippen LogP contribution in [0.5, 0.6) is 0 Å². The van der Waals surface area contributed by atoms with Gasteiger partial charge in [0, 0.05) is 42.8 Å². The summed E-state index contributed by atoms with van der Waals surface area (Å²) in [5, 5.41) is 12.9. The molecule has 0 aliphatic carbocycles. The van der Waals surface area contributed by atoms with Crippen molar-refractivity contribution in [2.45, 2.75) is 13.0 Å². The molecule has 2 aliphatic heterocycles. The molecule has 290 valence electrons. The van der Waals surface area contributed by atoms with Gasteiger partial charge in [-0.2, -0.15) is 0 Å². The number of anilines is 3. The van der Waals surface area contributed by atoms with E-state index >= 15 is 0 Å². The van der Waals surface area contributed by atoms with Gasteiger partial charge < -0.3 is 15.5 Å². The molecular weight excluding hydrogens is 729 g/mol. The Kier molecular flexibility index (Phi) is 9.46. The minimum Gasteiger partial charge on any atom is -0.386 e. The smallest absolute Gasteiger partial charge is 0.0726 e. The average Bonchev–Trinajstić information content (AvgIpc) is 3.30. The number of rotatable bonds is 8. The zero-order chi connectivity index (χ0) is 40.7. The molecule has 2 N–H and O–H groups in total. The third kappa shape index (κ3) is 6.47. The normalized spacial score (nSPS) is 14.9. The molecule has 3 heterocycles. The van der Waals surface area contributed by atoms with E-state index in [1.54, 1.807) is 0 Å². The first-order valence-electron chi connectivity index (χ1n) is 20.7. The van der Waals surface area contributed by atoms with Crippen LogP contribution in [0.15, 0.2) is 182 Å². The van der Waals surface area contributed by atoms with Gasteiger partial charge in [-0.15, -0.1) is 0 Å². The Morgan fingerprint density at radius 1 is 0.717 bits per heavy atom. The highest BCUT2D eigenvalue weighted by molar-refractivity contribution is 6.21. The Morgan fingerprint density at radius 3 is 2.15 bits per heavy atom. The molecule has 10 rings (SSSR count). The molecule has 0 radical (unpaired) electrons. The van der Waals surface area contributed by atoms with Gasteiger partial charge >= 0.3 is 0 Å². The summed E-state index contributed by atoms with van der Waals surface area (Å²) in [5.41, 5.74) is 17.4. The minimum absolute atomic E-state index is 0.0677. The molecule has 0 saturated carbocycles. The van der Waals surface area contributed by atoms with Crippen molar-refractivity contribution in [3.63, 3.8) is 0 Å². The number of benzene rings is 7. The van der Waals surface area contributed by atoms with Crippen molar-refractivity contribution < 1.29 is 0 Å². The molecule has 4 nitrogen and oxygen atoms in total. The topological polar surface area (TPSA) is 40.2 Å². The second-order valence-electron chi connectivity index (χ2n) is 15.7. The summed E-state index contributed by atoms with van der Waals surface area (Å²) in [6.45, 7) is 7.23. The molecule has 4 heteroatoms. The number of hydrogen-bond acceptors (Lipinski definition) is 4. The van der Waals surface area contributed by atoms with Crippen LogP contribution >= 0.6 is 0 Å². The molecule has 1 atom stereocenters. The van der Waals surface area contributed by atoms with E-state index in [1.165, 1.54) is 77.3 Å². The zero-order valence-corrected chi connectivity index (χ0v) is 34.2. The van der Waals surface area contributed by atoms with Crippen molar-refractivity contribution in [3.8, 4) is 33.5 Å². The molecule has 2 aliphatic rings. The Balaban J connectivity index is 0.942. The molecule has 0 amide bonds. The number of pyridine rings is 1. The van der Waals surface area contributed by atoms with Gasteiger partial charge in [-0.3, -0.25) is 0 Å². The molecule has 0 fully saturated rings. The van der Waals surface area contributed by atoms with Crippen molar-refractivity contribution in [1.82, 2.24) is 4.98 Å². The molecule has 60 heavy (non-hydrogen) atoms. The lowest BCUT2D eigenvalue weighted by molar-refractivity contribution is 0.857. The first-order valence-corrected chi connectivity index (χ1v) is 20.7. The van der Waals surface area contributed by atoms with E-state index in [4.69, 9.17) is 4.98 Å². The molecular formula is C56H46N4. The summed E-state index contributed by atoms with van der Waals surface area (Å²) in [6.07, 6.45) is 15.3. The highest BCUT2D eigenvalue weighted by Crippen LogP contribution is 2.44. The van der Waals surface area contributed by atoms with E-state index in [0.717, 1.165) is 40.1 Å². The number of likely N-dealkylation sites (N-methyl/N-ethyl adjacent to an activating group) is 1. The van der Waals surface area contributed by atoms with E-state index in [-0.39, 0.29) is 6.04 Å². The molecule has 0 saturated heterocycles. The average molecular weight is 775 g/mol. The largest absolute Gasteiger partial charge is 0.386 e. The summed E-state index contributed by atoms with van der Waals surface area (Å²) >= 11 is 0. The number of aromatic nitrogens is 1. The van der Waals surface area contributed by atoms with E-state index in [1.807, 2.05) is 13.1 Å². The van der Waals surface area contributed by atoms with Crippen LogP contribution in [-0.2, 0) is 0 Å². The first kappa shape index (κ1) is 36.9. The van der Waals surface area contributed by atoms with Crippen LogP contribution < -0.4 is 15.5 Å². The van der Waals surface area contributed by atoms with Crippen LogP contribution in [0.25, 0.3) is 83.7 Å². The zero-order valence-electron chi connectivity index (χ0n) is 34.2. The number of nitrogens with zero attached hydrogens (tertiary/aromatic N) is 2. The number of hydrogen-bond donors (Lipinski definition) is 2. The lowest BCUT2D eigenvalue weighted by Crippen LogP contribution is -2.33. The van der Waals surface area contributed by atoms with Crippen molar-refractivity contribution in [2.24, 2.45) is 0 Å². The minimum atomic E-state index is 0.0677. The molecule has 7 aromatic carbocycles. The Hall–Kier alpha value is -7.43. The summed E-state index contributed by atoms with van der Waals surface area (Å²) in [5.74, 6) is 0. The number of nitrogens with one attached hydrogen (secondary N) is 2. The maximum atomic E-state index is 5.32. The molecule has 1 aromatic heterocycles. The first-order chi connectivity index (χ1) is 29.5. The van der Waals surface area contributed by atoms with Crippen LogP contribution in [0.2, 0.25) is 0 Å². The standard InChI is InChI=1S/C56H46N4/c1-5-37(22-21-36(2)44-34-43-16-13-31-58-56(43)51(35-44)57-3)52-30-26-42-33-40(25-29-53(42)60(52)4)39-23-27-49-41(32-39)24-28-50(59-49)55-47-19-11-9-17-45(47)54(38-14-7-6-8-15-38)46-18-10-12-20-48(46)55/h5-30,32-35,52,57-58H,1,31H2,2-4H3/b36-21+,37-22+. The molecule has 1 unspecified atom stereocenters. The van der Waals surface area contributed by atoms with E-state index < -0.39 is 0 Å². The number of allylic oxidation sites excluding steroid dienone is 3. The molecule has 0 bridgehead atoms. The predicted molar refractivity (Wildman–Crippen MR) is 260 cm³/mol. The molecule has 0 spiro atoms. The van der Waals surface area contributed by atoms with Gasteiger partial charge in [0.05, 0.1) is 28.6 Å². The van der Waals surface area contributed by atoms with Crippen LogP contribution in [0.4, 0.5) is 17.1 Å². The van der Waals surface area contributed by atoms with Crippen molar-refractivity contribution in [1.29, 1.82) is 0 Å². The van der Waals surface area contributed by atoms with Gasteiger partial charge in [-0.05, 0) is 115 Å². The van der Waals surface area contributed by atoms with Gasteiger partial charge in [0.1, 0.15) is 0 Å². The van der Waals surface area contributed by atoms with Crippen molar-refractivity contribution in [3.05, 3.63) is 199 Å². The van der Waals surface area contributed by atoms with Gasteiger partial charge in [0.25, 0.3) is 0 Å². The quantitative estimate of drug-likeness (QED) is 0.119. The van der Waals surface area contributed by atoms with Gasteiger partial charge in [0.2, 0.25) is 0 Å². The maximum Gasteiger partial charge on any atom is 0.0726 e. The lowest BCUT2D eigenvalue weighted by Gasteiger charge is -2.33. The Morgan fingerprint density at radius 2 is 1.42 bits per heavy atom. The van der Waals surface area contributed by atoms with Crippen LogP contribution in [0, 0.1) is 0 Å². The predicted octanol–water partition coefficient (Wildman–Crippen LogP) is 14.1. The van der Waals surface area contributed by atoms with Crippen LogP contribution in [0.3, 0.4) is 0 Å². The lowest BCUT2D eigenvalue weighted by atomic mass is 9.87. The summed E-state index contributed by atoms with van der Waals surface area (Å²) in [4.78, 5) is 7.66. The SMILES string of the molecule is C=C/C(=C\C=C(/C)c1cc2c(c(NC)c1)NCC=C2)C1C=Cc2cc(-c3ccc4nc(-c5c6ccccc6c(-c6ccccc6)c6ccccc56)ccc4c3)ccc2N1C. The summed E-state index contributed by atoms with van der Waals surface area (Å²) in [6, 6.07) is 50.6. The van der Waals surface area contributed by atoms with Crippen LogP contribution in [0.1, 0.15) is 23.6 Å². The summed E-state index contributed by atoms with van der Waals surface area (Å²) in [7, 11) is 4.15. The Bertz CT molecular complexity index is 3070. The van der Waals surface area contributed by atoms with Gasteiger partial charge in [0.15, 0.2) is 0 Å². The third-order valence-electron chi connectivity index (χ3n) is 12.2. The maximum absolute atomic E-state index is 5.32. The fourth-order valence-electron chi connectivity index (χ4n) is 9.13. The van der Waals surface area contributed by atoms with Crippen molar-refractivity contribution in [2.75, 3.05) is 36.2 Å². The second kappa shape index (κ2) is 15.4. The van der Waals surface area contributed by atoms with Crippen molar-refractivity contribution >= 4 is 67.2 Å². The second-order valence-corrected chi connectivity index (χ2v) is 15.7. The van der Waals surface area contributed by atoms with Gasteiger partial charge in [-0.1, -0.05) is 146 Å². The van der Waals surface area contributed by atoms with Gasteiger partial charge in [-0.25, -0.2) is 4.98 Å². The van der Waals surface area contributed by atoms with E-state index in [2.05, 4.69) is 212 Å². The summed E-state index contributed by atoms with van der Waals surface area (Å²) < 4.78 is 0. The highest BCUT2D eigenvalue weighted by Gasteiger charge is 2.22.